The highest BCUT2D eigenvalue weighted by molar-refractivity contribution is 5.41. The topological polar surface area (TPSA) is 9.23 Å². The molecule has 0 unspecified atom stereocenters. The van der Waals surface area contributed by atoms with E-state index >= 15 is 0 Å². The molecule has 0 bridgehead atoms. The van der Waals surface area contributed by atoms with Gasteiger partial charge in [-0.3, -0.25) is 0 Å². The van der Waals surface area contributed by atoms with Crippen molar-refractivity contribution in [3.8, 4) is 18.1 Å². The van der Waals surface area contributed by atoms with Gasteiger partial charge in [0.2, 0.25) is 0 Å². The Hall–Kier alpha value is -1.42. The van der Waals surface area contributed by atoms with E-state index < -0.39 is 0 Å². The summed E-state index contributed by atoms with van der Waals surface area (Å²) < 4.78 is 5.74. The van der Waals surface area contributed by atoms with Crippen LogP contribution in [0.15, 0.2) is 18.2 Å². The molecule has 0 spiro atoms. The average Bonchev–Trinajstić information content (AvgIpc) is 2.16. The Morgan fingerprint density at radius 1 is 1.31 bits per heavy atom. The van der Waals surface area contributed by atoms with Crippen molar-refractivity contribution >= 4 is 0 Å². The zero-order valence-corrected chi connectivity index (χ0v) is 10.6. The van der Waals surface area contributed by atoms with E-state index in [0.29, 0.717) is 13.0 Å². The number of rotatable bonds is 3. The first-order valence-electron chi connectivity index (χ1n) is 5.62. The minimum atomic E-state index is 0.0964. The van der Waals surface area contributed by atoms with E-state index in [1.54, 1.807) is 0 Å². The van der Waals surface area contributed by atoms with Crippen LogP contribution in [-0.4, -0.2) is 6.61 Å². The smallest absolute Gasteiger partial charge is 0.123 e. The summed E-state index contributed by atoms with van der Waals surface area (Å²) in [4.78, 5) is 0. The zero-order valence-electron chi connectivity index (χ0n) is 10.6. The maximum Gasteiger partial charge on any atom is 0.123 e. The van der Waals surface area contributed by atoms with Gasteiger partial charge in [-0.05, 0) is 29.5 Å². The van der Waals surface area contributed by atoms with Crippen molar-refractivity contribution < 1.29 is 4.74 Å². The highest BCUT2D eigenvalue weighted by Crippen LogP contribution is 2.32. The van der Waals surface area contributed by atoms with Gasteiger partial charge in [-0.15, -0.1) is 12.3 Å². The van der Waals surface area contributed by atoms with E-state index in [2.05, 4.69) is 51.8 Å². The molecular weight excluding hydrogens is 196 g/mol. The van der Waals surface area contributed by atoms with Crippen molar-refractivity contribution in [1.29, 1.82) is 0 Å². The Morgan fingerprint density at radius 3 is 2.56 bits per heavy atom. The Bertz CT molecular complexity index is 391. The van der Waals surface area contributed by atoms with Gasteiger partial charge in [0.15, 0.2) is 0 Å². The highest BCUT2D eigenvalue weighted by atomic mass is 16.5. The largest absolute Gasteiger partial charge is 0.492 e. The minimum Gasteiger partial charge on any atom is -0.492 e. The summed E-state index contributed by atoms with van der Waals surface area (Å²) in [6, 6.07) is 6.34. The lowest BCUT2D eigenvalue weighted by Crippen LogP contribution is -2.13. The van der Waals surface area contributed by atoms with Crippen LogP contribution in [0.25, 0.3) is 0 Å². The Kier molecular flexibility index (Phi) is 4.01. The van der Waals surface area contributed by atoms with Crippen molar-refractivity contribution in [2.45, 2.75) is 39.5 Å². The van der Waals surface area contributed by atoms with Crippen molar-refractivity contribution in [2.24, 2.45) is 0 Å². The van der Waals surface area contributed by atoms with Crippen LogP contribution in [0.5, 0.6) is 5.75 Å². The summed E-state index contributed by atoms with van der Waals surface area (Å²) in [7, 11) is 0. The predicted molar refractivity (Wildman–Crippen MR) is 68.8 cm³/mol. The van der Waals surface area contributed by atoms with E-state index in [1.165, 1.54) is 11.1 Å². The van der Waals surface area contributed by atoms with Crippen molar-refractivity contribution in [3.05, 3.63) is 29.3 Å². The standard InChI is InChI=1S/C15H20O/c1-6-7-10-16-14-11-12(2)8-9-13(14)15(3,4)5/h1,8-9,11H,7,10H2,2-5H3. The number of terminal acetylenes is 1. The molecule has 0 aliphatic rings. The molecule has 0 aliphatic carbocycles. The molecule has 0 aromatic heterocycles. The fourth-order valence-corrected chi connectivity index (χ4v) is 1.59. The molecule has 0 atom stereocenters. The summed E-state index contributed by atoms with van der Waals surface area (Å²) in [6.45, 7) is 9.21. The molecule has 0 fully saturated rings. The molecule has 1 nitrogen and oxygen atoms in total. The minimum absolute atomic E-state index is 0.0964. The fraction of sp³-hybridized carbons (Fsp3) is 0.467. The zero-order chi connectivity index (χ0) is 12.2. The molecule has 1 aromatic carbocycles. The highest BCUT2D eigenvalue weighted by Gasteiger charge is 2.18. The number of aryl methyl sites for hydroxylation is 1. The molecule has 1 aromatic rings. The average molecular weight is 216 g/mol. The first-order valence-corrected chi connectivity index (χ1v) is 5.62. The summed E-state index contributed by atoms with van der Waals surface area (Å²) in [5.41, 5.74) is 2.54. The first kappa shape index (κ1) is 12.6. The van der Waals surface area contributed by atoms with Crippen LogP contribution in [0.4, 0.5) is 0 Å². The van der Waals surface area contributed by atoms with E-state index in [-0.39, 0.29) is 5.41 Å². The van der Waals surface area contributed by atoms with Gasteiger partial charge in [-0.2, -0.15) is 0 Å². The van der Waals surface area contributed by atoms with Crippen LogP contribution in [0.2, 0.25) is 0 Å². The molecular formula is C15H20O. The fourth-order valence-electron chi connectivity index (χ4n) is 1.59. The second-order valence-corrected chi connectivity index (χ2v) is 5.05. The van der Waals surface area contributed by atoms with Gasteiger partial charge in [-0.1, -0.05) is 32.9 Å². The van der Waals surface area contributed by atoms with Crippen LogP contribution >= 0.6 is 0 Å². The lowest BCUT2D eigenvalue weighted by molar-refractivity contribution is 0.317. The second-order valence-electron chi connectivity index (χ2n) is 5.05. The van der Waals surface area contributed by atoms with Gasteiger partial charge in [-0.25, -0.2) is 0 Å². The van der Waals surface area contributed by atoms with Gasteiger partial charge in [0.1, 0.15) is 5.75 Å². The Balaban J connectivity index is 2.96. The lowest BCUT2D eigenvalue weighted by atomic mass is 9.86. The maximum atomic E-state index is 5.74. The molecule has 16 heavy (non-hydrogen) atoms. The van der Waals surface area contributed by atoms with Crippen LogP contribution in [0, 0.1) is 19.3 Å². The number of ether oxygens (including phenoxy) is 1. The molecule has 0 saturated heterocycles. The predicted octanol–water partition coefficient (Wildman–Crippen LogP) is 3.69. The Labute approximate surface area is 98.8 Å². The molecule has 0 radical (unpaired) electrons. The molecule has 0 heterocycles. The van der Waals surface area contributed by atoms with Gasteiger partial charge in [0, 0.05) is 6.42 Å². The number of hydrogen-bond donors (Lipinski definition) is 0. The quantitative estimate of drug-likeness (QED) is 0.553. The third-order valence-corrected chi connectivity index (χ3v) is 2.45. The maximum absolute atomic E-state index is 5.74. The molecule has 86 valence electrons. The normalized spacial score (nSPS) is 10.9. The van der Waals surface area contributed by atoms with Crippen molar-refractivity contribution in [3.63, 3.8) is 0 Å². The molecule has 1 rings (SSSR count). The SMILES string of the molecule is C#CCCOc1cc(C)ccc1C(C)(C)C. The van der Waals surface area contributed by atoms with E-state index in [1.807, 2.05) is 0 Å². The van der Waals surface area contributed by atoms with Crippen LogP contribution in [0.1, 0.15) is 38.3 Å². The Morgan fingerprint density at radius 2 is 2.00 bits per heavy atom. The van der Waals surface area contributed by atoms with Crippen LogP contribution < -0.4 is 4.74 Å². The van der Waals surface area contributed by atoms with E-state index in [9.17, 15) is 0 Å². The lowest BCUT2D eigenvalue weighted by Gasteiger charge is -2.23. The molecule has 0 aliphatic heterocycles. The van der Waals surface area contributed by atoms with Gasteiger partial charge < -0.3 is 4.74 Å². The van der Waals surface area contributed by atoms with Crippen LogP contribution in [-0.2, 0) is 5.41 Å². The number of hydrogen-bond acceptors (Lipinski definition) is 1. The molecule has 0 amide bonds. The third kappa shape index (κ3) is 3.31. The molecule has 1 heteroatoms. The molecule has 0 N–H and O–H groups in total. The second kappa shape index (κ2) is 5.07. The molecule has 0 saturated carbocycles. The van der Waals surface area contributed by atoms with Crippen LogP contribution in [0.3, 0.4) is 0 Å². The summed E-state index contributed by atoms with van der Waals surface area (Å²) in [5.74, 6) is 3.55. The first-order chi connectivity index (χ1) is 7.45. The van der Waals surface area contributed by atoms with Gasteiger partial charge in [0.25, 0.3) is 0 Å². The van der Waals surface area contributed by atoms with E-state index in [4.69, 9.17) is 11.2 Å². The van der Waals surface area contributed by atoms with Crippen molar-refractivity contribution in [1.82, 2.24) is 0 Å². The summed E-state index contributed by atoms with van der Waals surface area (Å²) >= 11 is 0. The number of benzene rings is 1. The van der Waals surface area contributed by atoms with Gasteiger partial charge >= 0.3 is 0 Å². The van der Waals surface area contributed by atoms with E-state index in [0.717, 1.165) is 5.75 Å². The summed E-state index contributed by atoms with van der Waals surface area (Å²) in [6.07, 6.45) is 5.87. The van der Waals surface area contributed by atoms with Gasteiger partial charge in [0.05, 0.1) is 6.61 Å². The summed E-state index contributed by atoms with van der Waals surface area (Å²) in [5, 5.41) is 0. The monoisotopic (exact) mass is 216 g/mol. The third-order valence-electron chi connectivity index (χ3n) is 2.45. The van der Waals surface area contributed by atoms with Crippen molar-refractivity contribution in [2.75, 3.05) is 6.61 Å².